The van der Waals surface area contributed by atoms with Gasteiger partial charge in [-0.25, -0.2) is 0 Å². The topological polar surface area (TPSA) is 50.8 Å². The van der Waals surface area contributed by atoms with Gasteiger partial charge in [-0.1, -0.05) is 0 Å². The summed E-state index contributed by atoms with van der Waals surface area (Å²) < 4.78 is 10.7. The van der Waals surface area contributed by atoms with Crippen molar-refractivity contribution < 1.29 is 14.3 Å². The Morgan fingerprint density at radius 3 is 3.06 bits per heavy atom. The second-order valence-corrected chi connectivity index (χ2v) is 4.43. The molecule has 0 aliphatic carbocycles. The molecular weight excluding hydrogens is 208 g/mol. The van der Waals surface area contributed by atoms with Gasteiger partial charge in [0.05, 0.1) is 19.8 Å². The number of likely N-dealkylation sites (tertiary alicyclic amines) is 1. The standard InChI is InChI=1S/C11H20N2O3/c1-12-6-9-2-3-13(7-9)11(14)10-8-15-4-5-16-10/h9-10,12H,2-8H2,1H3. The zero-order chi connectivity index (χ0) is 11.4. The van der Waals surface area contributed by atoms with Gasteiger partial charge in [0.25, 0.3) is 5.91 Å². The van der Waals surface area contributed by atoms with Crippen molar-refractivity contribution >= 4 is 5.91 Å². The van der Waals surface area contributed by atoms with Crippen molar-refractivity contribution in [3.63, 3.8) is 0 Å². The molecule has 1 amide bonds. The highest BCUT2D eigenvalue weighted by Gasteiger charge is 2.32. The van der Waals surface area contributed by atoms with Gasteiger partial charge in [0.1, 0.15) is 0 Å². The molecule has 0 aromatic carbocycles. The highest BCUT2D eigenvalue weighted by atomic mass is 16.6. The van der Waals surface area contributed by atoms with Crippen LogP contribution in [0.3, 0.4) is 0 Å². The van der Waals surface area contributed by atoms with Gasteiger partial charge >= 0.3 is 0 Å². The molecule has 2 aliphatic heterocycles. The molecule has 2 atom stereocenters. The largest absolute Gasteiger partial charge is 0.376 e. The fourth-order valence-electron chi connectivity index (χ4n) is 2.32. The molecule has 2 heterocycles. The average Bonchev–Trinajstić information content (AvgIpc) is 2.78. The molecular formula is C11H20N2O3. The quantitative estimate of drug-likeness (QED) is 0.705. The number of amides is 1. The van der Waals surface area contributed by atoms with Crippen LogP contribution in [0.25, 0.3) is 0 Å². The summed E-state index contributed by atoms with van der Waals surface area (Å²) in [5.74, 6) is 0.678. The van der Waals surface area contributed by atoms with Crippen LogP contribution in [0, 0.1) is 5.92 Å². The van der Waals surface area contributed by atoms with Crippen molar-refractivity contribution in [2.24, 2.45) is 5.92 Å². The Morgan fingerprint density at radius 2 is 2.38 bits per heavy atom. The lowest BCUT2D eigenvalue weighted by Gasteiger charge is -2.26. The summed E-state index contributed by atoms with van der Waals surface area (Å²) in [6.45, 7) is 4.22. The van der Waals surface area contributed by atoms with E-state index < -0.39 is 0 Å². The summed E-state index contributed by atoms with van der Waals surface area (Å²) in [6.07, 6.45) is 0.710. The third-order valence-corrected chi connectivity index (χ3v) is 3.18. The molecule has 5 heteroatoms. The number of nitrogens with one attached hydrogen (secondary N) is 1. The number of rotatable bonds is 3. The van der Waals surface area contributed by atoms with E-state index in [9.17, 15) is 4.79 Å². The molecule has 92 valence electrons. The van der Waals surface area contributed by atoms with Crippen molar-refractivity contribution in [1.29, 1.82) is 0 Å². The van der Waals surface area contributed by atoms with Crippen molar-refractivity contribution in [3.05, 3.63) is 0 Å². The monoisotopic (exact) mass is 228 g/mol. The minimum absolute atomic E-state index is 0.0957. The molecule has 2 unspecified atom stereocenters. The van der Waals surface area contributed by atoms with Gasteiger partial charge in [0, 0.05) is 13.1 Å². The Bertz CT molecular complexity index is 241. The summed E-state index contributed by atoms with van der Waals surface area (Å²) in [5.41, 5.74) is 0. The van der Waals surface area contributed by atoms with Crippen LogP contribution >= 0.6 is 0 Å². The predicted octanol–water partition coefficient (Wildman–Crippen LogP) is -0.530. The second kappa shape index (κ2) is 5.61. The minimum atomic E-state index is -0.373. The Morgan fingerprint density at radius 1 is 1.50 bits per heavy atom. The van der Waals surface area contributed by atoms with E-state index in [2.05, 4.69) is 5.32 Å². The molecule has 16 heavy (non-hydrogen) atoms. The zero-order valence-corrected chi connectivity index (χ0v) is 9.78. The van der Waals surface area contributed by atoms with Crippen LogP contribution in [0.1, 0.15) is 6.42 Å². The summed E-state index contributed by atoms with van der Waals surface area (Å²) >= 11 is 0. The lowest BCUT2D eigenvalue weighted by atomic mass is 10.1. The third kappa shape index (κ3) is 2.72. The molecule has 1 N–H and O–H groups in total. The highest BCUT2D eigenvalue weighted by Crippen LogP contribution is 2.17. The van der Waals surface area contributed by atoms with E-state index in [1.807, 2.05) is 11.9 Å². The maximum Gasteiger partial charge on any atom is 0.254 e. The molecule has 0 aromatic rings. The summed E-state index contributed by atoms with van der Waals surface area (Å²) in [6, 6.07) is 0. The van der Waals surface area contributed by atoms with Gasteiger partial charge in [-0.2, -0.15) is 0 Å². The highest BCUT2D eigenvalue weighted by molar-refractivity contribution is 5.81. The number of ether oxygens (including phenoxy) is 2. The molecule has 0 saturated carbocycles. The lowest BCUT2D eigenvalue weighted by Crippen LogP contribution is -2.44. The van der Waals surface area contributed by atoms with E-state index in [-0.39, 0.29) is 12.0 Å². The lowest BCUT2D eigenvalue weighted by molar-refractivity contribution is -0.157. The fourth-order valence-corrected chi connectivity index (χ4v) is 2.32. The molecule has 0 aromatic heterocycles. The average molecular weight is 228 g/mol. The van der Waals surface area contributed by atoms with Gasteiger partial charge in [-0.15, -0.1) is 0 Å². The van der Waals surface area contributed by atoms with Crippen LogP contribution in [-0.2, 0) is 14.3 Å². The van der Waals surface area contributed by atoms with Crippen molar-refractivity contribution in [1.82, 2.24) is 10.2 Å². The number of carbonyl (C=O) groups is 1. The van der Waals surface area contributed by atoms with E-state index in [1.165, 1.54) is 0 Å². The molecule has 0 spiro atoms. The van der Waals surface area contributed by atoms with E-state index in [0.29, 0.717) is 25.7 Å². The van der Waals surface area contributed by atoms with Crippen LogP contribution in [0.4, 0.5) is 0 Å². The van der Waals surface area contributed by atoms with E-state index >= 15 is 0 Å². The summed E-state index contributed by atoms with van der Waals surface area (Å²) in [4.78, 5) is 14.0. The van der Waals surface area contributed by atoms with E-state index in [0.717, 1.165) is 26.1 Å². The number of carbonyl (C=O) groups excluding carboxylic acids is 1. The smallest absolute Gasteiger partial charge is 0.254 e. The van der Waals surface area contributed by atoms with Crippen molar-refractivity contribution in [2.45, 2.75) is 12.5 Å². The first-order chi connectivity index (χ1) is 7.81. The first-order valence-electron chi connectivity index (χ1n) is 5.94. The van der Waals surface area contributed by atoms with Crippen molar-refractivity contribution in [3.8, 4) is 0 Å². The van der Waals surface area contributed by atoms with Gasteiger partial charge in [0.15, 0.2) is 6.10 Å². The van der Waals surface area contributed by atoms with E-state index in [1.54, 1.807) is 0 Å². The molecule has 0 radical (unpaired) electrons. The van der Waals surface area contributed by atoms with Crippen LogP contribution in [-0.4, -0.2) is 63.4 Å². The Balaban J connectivity index is 1.81. The van der Waals surface area contributed by atoms with Crippen molar-refractivity contribution in [2.75, 3.05) is 46.5 Å². The van der Waals surface area contributed by atoms with Gasteiger partial charge < -0.3 is 19.7 Å². The van der Waals surface area contributed by atoms with Crippen LogP contribution in [0.5, 0.6) is 0 Å². The third-order valence-electron chi connectivity index (χ3n) is 3.18. The Labute approximate surface area is 96.1 Å². The molecule has 5 nitrogen and oxygen atoms in total. The predicted molar refractivity (Wildman–Crippen MR) is 59.2 cm³/mol. The first-order valence-corrected chi connectivity index (χ1v) is 5.94. The first kappa shape index (κ1) is 11.8. The van der Waals surface area contributed by atoms with Crippen LogP contribution < -0.4 is 5.32 Å². The van der Waals surface area contributed by atoms with Crippen LogP contribution in [0.15, 0.2) is 0 Å². The second-order valence-electron chi connectivity index (χ2n) is 4.43. The van der Waals surface area contributed by atoms with E-state index in [4.69, 9.17) is 9.47 Å². The minimum Gasteiger partial charge on any atom is -0.376 e. The number of hydrogen-bond acceptors (Lipinski definition) is 4. The maximum atomic E-state index is 12.1. The van der Waals surface area contributed by atoms with Gasteiger partial charge in [-0.05, 0) is 25.9 Å². The maximum absolute atomic E-state index is 12.1. The molecule has 2 aliphatic rings. The summed E-state index contributed by atoms with van der Waals surface area (Å²) in [7, 11) is 1.95. The molecule has 2 fully saturated rings. The Hall–Kier alpha value is -0.650. The van der Waals surface area contributed by atoms with Gasteiger partial charge in [0.2, 0.25) is 0 Å². The van der Waals surface area contributed by atoms with Gasteiger partial charge in [-0.3, -0.25) is 4.79 Å². The normalized spacial score (nSPS) is 30.7. The number of hydrogen-bond donors (Lipinski definition) is 1. The number of nitrogens with zero attached hydrogens (tertiary/aromatic N) is 1. The SMILES string of the molecule is CNCC1CCN(C(=O)C2COCCO2)C1. The molecule has 2 rings (SSSR count). The molecule has 0 bridgehead atoms. The fraction of sp³-hybridized carbons (Fsp3) is 0.909. The molecule has 2 saturated heterocycles. The summed E-state index contributed by atoms with van der Waals surface area (Å²) in [5, 5.41) is 3.15. The zero-order valence-electron chi connectivity index (χ0n) is 9.78. The Kier molecular flexibility index (Phi) is 4.15. The van der Waals surface area contributed by atoms with Crippen LogP contribution in [0.2, 0.25) is 0 Å².